The molecule has 0 bridgehead atoms. The first-order valence-corrected chi connectivity index (χ1v) is 19.3. The molecule has 0 saturated carbocycles. The fourth-order valence-corrected chi connectivity index (χ4v) is 6.82. The molecule has 4 aromatic rings. The van der Waals surface area contributed by atoms with Crippen molar-refractivity contribution >= 4 is 64.1 Å². The Hall–Kier alpha value is -3.83. The van der Waals surface area contributed by atoms with Crippen molar-refractivity contribution in [3.63, 3.8) is 0 Å². The van der Waals surface area contributed by atoms with Crippen LogP contribution < -0.4 is 15.1 Å². The Kier molecular flexibility index (Phi) is 13.6. The van der Waals surface area contributed by atoms with Gasteiger partial charge in [-0.25, -0.2) is 43.5 Å². The minimum absolute atomic E-state index is 0.0190. The topological polar surface area (TPSA) is 125 Å². The van der Waals surface area contributed by atoms with Crippen LogP contribution in [0.4, 0.5) is 34.0 Å². The molecule has 2 aliphatic heterocycles. The maximum Gasteiger partial charge on any atom is 0.410 e. The van der Waals surface area contributed by atoms with E-state index < -0.39 is 41.0 Å². The number of aromatic nitrogens is 6. The number of amides is 1. The van der Waals surface area contributed by atoms with Crippen LogP contribution in [-0.4, -0.2) is 109 Å². The van der Waals surface area contributed by atoms with Crippen LogP contribution in [0.25, 0.3) is 22.8 Å². The molecule has 12 nitrogen and oxygen atoms in total. The summed E-state index contributed by atoms with van der Waals surface area (Å²) in [6.07, 6.45) is 2.02. The summed E-state index contributed by atoms with van der Waals surface area (Å²) in [5.41, 5.74) is -3.05. The Bertz CT molecular complexity index is 2080. The molecule has 2 saturated heterocycles. The Labute approximate surface area is 348 Å². The number of alkyl halides is 2. The molecule has 0 aromatic carbocycles. The quantitative estimate of drug-likeness (QED) is 0.114. The van der Waals surface area contributed by atoms with Gasteiger partial charge in [-0.2, -0.15) is 8.78 Å². The number of hydrogen-bond acceptors (Lipinski definition) is 11. The van der Waals surface area contributed by atoms with Gasteiger partial charge in [-0.05, 0) is 60.6 Å². The van der Waals surface area contributed by atoms with E-state index in [2.05, 4.69) is 35.2 Å². The summed E-state index contributed by atoms with van der Waals surface area (Å²) in [5.74, 6) is -0.262. The largest absolute Gasteiger partial charge is 0.444 e. The average Bonchev–Trinajstić information content (AvgIpc) is 3.12. The van der Waals surface area contributed by atoms with Crippen LogP contribution >= 0.6 is 46.4 Å². The molecule has 57 heavy (non-hydrogen) atoms. The molecule has 2 unspecified atom stereocenters. The third-order valence-electron chi connectivity index (χ3n) is 8.96. The first-order chi connectivity index (χ1) is 26.5. The normalized spacial score (nSPS) is 17.9. The molecule has 1 amide bonds. The third kappa shape index (κ3) is 11.2. The highest BCUT2D eigenvalue weighted by Crippen LogP contribution is 2.36. The number of anilines is 2. The standard InChI is InChI=1S/C21H25Cl2F2N5O2.C16H17Cl2F2N5/c1-20(2,3)32-19(31)30-9-8-29(11-13(30)21(4,5)25)18-15(22)16(23)27-17(28-18)12-6-7-26-14(24)10-12;1-16(2,20)10-8-25(6-5-21-10)15-12(17)13(18)23-14(24-15)9-3-4-22-11(19)7-9/h6-7,10,13H,8-9,11H2,1-5H3;3-4,7,10,21H,5-6,8H2,1-2H3. The van der Waals surface area contributed by atoms with Gasteiger partial charge >= 0.3 is 6.09 Å². The lowest BCUT2D eigenvalue weighted by atomic mass is 9.96. The number of hydrogen-bond donors (Lipinski definition) is 1. The molecule has 308 valence electrons. The lowest BCUT2D eigenvalue weighted by Crippen LogP contribution is -2.62. The second kappa shape index (κ2) is 17.6. The fourth-order valence-electron chi connectivity index (χ4n) is 6.08. The van der Waals surface area contributed by atoms with Crippen LogP contribution in [0.3, 0.4) is 0 Å². The van der Waals surface area contributed by atoms with Crippen LogP contribution in [0.15, 0.2) is 36.7 Å². The van der Waals surface area contributed by atoms with Gasteiger partial charge in [-0.15, -0.1) is 0 Å². The summed E-state index contributed by atoms with van der Waals surface area (Å²) >= 11 is 25.0. The van der Waals surface area contributed by atoms with Crippen molar-refractivity contribution in [1.82, 2.24) is 40.1 Å². The second-order valence-corrected chi connectivity index (χ2v) is 16.9. The van der Waals surface area contributed by atoms with E-state index in [-0.39, 0.29) is 56.9 Å². The molecular weight excluding hydrogens is 834 g/mol. The zero-order valence-electron chi connectivity index (χ0n) is 32.2. The summed E-state index contributed by atoms with van der Waals surface area (Å²) < 4.78 is 61.9. The zero-order chi connectivity index (χ0) is 42.0. The lowest BCUT2D eigenvalue weighted by Gasteiger charge is -2.45. The Morgan fingerprint density at radius 2 is 1.23 bits per heavy atom. The number of rotatable bonds is 6. The highest BCUT2D eigenvalue weighted by molar-refractivity contribution is 6.43. The van der Waals surface area contributed by atoms with Crippen LogP contribution in [0.1, 0.15) is 48.5 Å². The van der Waals surface area contributed by atoms with Gasteiger partial charge in [-0.1, -0.05) is 46.4 Å². The predicted molar refractivity (Wildman–Crippen MR) is 214 cm³/mol. The van der Waals surface area contributed by atoms with E-state index in [1.807, 2.05) is 4.90 Å². The maximum atomic E-state index is 15.2. The van der Waals surface area contributed by atoms with Crippen molar-refractivity contribution in [3.8, 4) is 22.8 Å². The number of nitrogens with zero attached hydrogens (tertiary/aromatic N) is 9. The van der Waals surface area contributed by atoms with Gasteiger partial charge in [0.15, 0.2) is 33.6 Å². The summed E-state index contributed by atoms with van der Waals surface area (Å²) in [5, 5.41) is 3.48. The van der Waals surface area contributed by atoms with Crippen molar-refractivity contribution in [2.75, 3.05) is 49.1 Å². The minimum Gasteiger partial charge on any atom is -0.444 e. The molecule has 0 aliphatic carbocycles. The first kappa shape index (κ1) is 44.3. The van der Waals surface area contributed by atoms with Gasteiger partial charge in [0.2, 0.25) is 11.9 Å². The number of pyridine rings is 2. The van der Waals surface area contributed by atoms with E-state index in [0.29, 0.717) is 43.1 Å². The average molecular weight is 877 g/mol. The third-order valence-corrected chi connectivity index (χ3v) is 10.4. The van der Waals surface area contributed by atoms with Crippen molar-refractivity contribution in [1.29, 1.82) is 0 Å². The number of piperazine rings is 2. The molecule has 1 N–H and O–H groups in total. The fraction of sp³-hybridized carbons (Fsp3) is 0.486. The number of carbonyl (C=O) groups excluding carboxylic acids is 1. The van der Waals surface area contributed by atoms with E-state index in [9.17, 15) is 18.0 Å². The van der Waals surface area contributed by atoms with Crippen molar-refractivity contribution in [2.24, 2.45) is 0 Å². The summed E-state index contributed by atoms with van der Waals surface area (Å²) in [4.78, 5) is 41.9. The zero-order valence-corrected chi connectivity index (χ0v) is 35.3. The van der Waals surface area contributed by atoms with E-state index >= 15 is 4.39 Å². The molecular formula is C37H42Cl4F4N10O2. The smallest absolute Gasteiger partial charge is 0.410 e. The molecule has 6 rings (SSSR count). The van der Waals surface area contributed by atoms with Crippen LogP contribution in [-0.2, 0) is 4.74 Å². The van der Waals surface area contributed by atoms with Crippen LogP contribution in [0, 0.1) is 11.9 Å². The maximum absolute atomic E-state index is 15.2. The first-order valence-electron chi connectivity index (χ1n) is 17.8. The summed E-state index contributed by atoms with van der Waals surface area (Å²) in [6, 6.07) is 4.30. The predicted octanol–water partition coefficient (Wildman–Crippen LogP) is 8.67. The second-order valence-electron chi connectivity index (χ2n) is 15.4. The van der Waals surface area contributed by atoms with Crippen LogP contribution in [0.2, 0.25) is 20.4 Å². The van der Waals surface area contributed by atoms with Crippen molar-refractivity contribution < 1.29 is 27.1 Å². The number of ether oxygens (including phenoxy) is 1. The van der Waals surface area contributed by atoms with E-state index in [0.717, 1.165) is 0 Å². The van der Waals surface area contributed by atoms with Crippen molar-refractivity contribution in [2.45, 2.75) is 77.5 Å². The highest BCUT2D eigenvalue weighted by atomic mass is 35.5. The number of carbonyl (C=O) groups is 1. The van der Waals surface area contributed by atoms with Gasteiger partial charge in [0.05, 0.1) is 12.1 Å². The Morgan fingerprint density at radius 3 is 1.67 bits per heavy atom. The molecule has 20 heteroatoms. The van der Waals surface area contributed by atoms with E-state index in [1.54, 1.807) is 37.8 Å². The monoisotopic (exact) mass is 874 g/mol. The lowest BCUT2D eigenvalue weighted by molar-refractivity contribution is -0.0108. The molecule has 6 heterocycles. The molecule has 4 aromatic heterocycles. The van der Waals surface area contributed by atoms with Crippen molar-refractivity contribution in [3.05, 3.63) is 68.9 Å². The Morgan fingerprint density at radius 1 is 0.737 bits per heavy atom. The van der Waals surface area contributed by atoms with Gasteiger partial charge in [0, 0.05) is 74.9 Å². The summed E-state index contributed by atoms with van der Waals surface area (Å²) in [6.45, 7) is 13.2. The molecule has 0 spiro atoms. The number of nitrogens with one attached hydrogen (secondary N) is 1. The SMILES string of the molecule is CC(C)(C)OC(=O)N1CCN(c2nc(-c3ccnc(F)c3)nc(Cl)c2Cl)CC1C(C)(C)F.CC(C)(F)C1CN(c2nc(-c3ccnc(F)c3)nc(Cl)c2Cl)CCN1. The van der Waals surface area contributed by atoms with Crippen LogP contribution in [0.5, 0.6) is 0 Å². The van der Waals surface area contributed by atoms with Gasteiger partial charge in [-0.3, -0.25) is 4.90 Å². The van der Waals surface area contributed by atoms with E-state index in [1.165, 1.54) is 57.1 Å². The Balaban J connectivity index is 0.000000224. The molecule has 2 aliphatic rings. The summed E-state index contributed by atoms with van der Waals surface area (Å²) in [7, 11) is 0. The molecule has 2 fully saturated rings. The number of halogens is 8. The highest BCUT2D eigenvalue weighted by Gasteiger charge is 2.43. The van der Waals surface area contributed by atoms with Gasteiger partial charge in [0.25, 0.3) is 0 Å². The van der Waals surface area contributed by atoms with Gasteiger partial charge < -0.3 is 19.9 Å². The van der Waals surface area contributed by atoms with E-state index in [4.69, 9.17) is 51.1 Å². The minimum atomic E-state index is -1.74. The van der Waals surface area contributed by atoms with Gasteiger partial charge in [0.1, 0.15) is 27.0 Å². The molecule has 2 atom stereocenters. The molecule has 0 radical (unpaired) electrons.